The fraction of sp³-hybridized carbons (Fsp3) is 0.0714. The van der Waals surface area contributed by atoms with Crippen molar-refractivity contribution in [2.45, 2.75) is 6.42 Å². The minimum atomic E-state index is -0.0646. The van der Waals surface area contributed by atoms with Gasteiger partial charge >= 0.3 is 0 Å². The largest absolute Gasteiger partial charge is 0.302 e. The summed E-state index contributed by atoms with van der Waals surface area (Å²) < 4.78 is 1.07. The van der Waals surface area contributed by atoms with E-state index in [0.717, 1.165) is 15.8 Å². The molecule has 2 aromatic heterocycles. The number of carbonyl (C=O) groups is 1. The summed E-state index contributed by atoms with van der Waals surface area (Å²) in [5.74, 6) is -0.0646. The van der Waals surface area contributed by atoms with Crippen LogP contribution in [-0.4, -0.2) is 15.9 Å². The molecule has 0 saturated carbocycles. The molecular formula is C14H11N3OS. The third kappa shape index (κ3) is 2.77. The van der Waals surface area contributed by atoms with E-state index in [0.29, 0.717) is 11.6 Å². The van der Waals surface area contributed by atoms with E-state index in [4.69, 9.17) is 0 Å². The number of thiazole rings is 1. The first-order chi connectivity index (χ1) is 9.31. The normalized spacial score (nSPS) is 10.5. The van der Waals surface area contributed by atoms with Gasteiger partial charge in [-0.1, -0.05) is 23.5 Å². The van der Waals surface area contributed by atoms with Gasteiger partial charge in [0.25, 0.3) is 0 Å². The summed E-state index contributed by atoms with van der Waals surface area (Å²) >= 11 is 1.48. The SMILES string of the molecule is O=C(Cc1ccncc1)Nc1nc2ccccc2s1. The van der Waals surface area contributed by atoms with Crippen LogP contribution in [0, 0.1) is 0 Å². The fourth-order valence-electron chi connectivity index (χ4n) is 1.78. The van der Waals surface area contributed by atoms with E-state index in [1.54, 1.807) is 12.4 Å². The van der Waals surface area contributed by atoms with E-state index in [2.05, 4.69) is 15.3 Å². The zero-order chi connectivity index (χ0) is 13.1. The molecule has 1 amide bonds. The van der Waals surface area contributed by atoms with E-state index in [1.807, 2.05) is 36.4 Å². The summed E-state index contributed by atoms with van der Waals surface area (Å²) in [4.78, 5) is 20.2. The number of anilines is 1. The van der Waals surface area contributed by atoms with Gasteiger partial charge in [-0.25, -0.2) is 4.98 Å². The van der Waals surface area contributed by atoms with Crippen molar-refractivity contribution in [2.24, 2.45) is 0 Å². The van der Waals surface area contributed by atoms with Crippen LogP contribution < -0.4 is 5.32 Å². The second-order valence-electron chi connectivity index (χ2n) is 4.07. The maximum atomic E-state index is 11.9. The van der Waals surface area contributed by atoms with Crippen molar-refractivity contribution in [1.29, 1.82) is 0 Å². The second kappa shape index (κ2) is 5.16. The lowest BCUT2D eigenvalue weighted by molar-refractivity contribution is -0.115. The number of benzene rings is 1. The maximum absolute atomic E-state index is 11.9. The Kier molecular flexibility index (Phi) is 3.20. The molecule has 0 spiro atoms. The molecule has 0 aliphatic rings. The summed E-state index contributed by atoms with van der Waals surface area (Å²) in [6.45, 7) is 0. The summed E-state index contributed by atoms with van der Waals surface area (Å²) in [6.07, 6.45) is 3.69. The van der Waals surface area contributed by atoms with Crippen molar-refractivity contribution in [2.75, 3.05) is 5.32 Å². The Morgan fingerprint density at radius 1 is 1.16 bits per heavy atom. The maximum Gasteiger partial charge on any atom is 0.230 e. The smallest absolute Gasteiger partial charge is 0.230 e. The van der Waals surface area contributed by atoms with Crippen LogP contribution in [0.3, 0.4) is 0 Å². The quantitative estimate of drug-likeness (QED) is 0.795. The Balaban J connectivity index is 1.72. The molecular weight excluding hydrogens is 258 g/mol. The number of hydrogen-bond donors (Lipinski definition) is 1. The fourth-order valence-corrected chi connectivity index (χ4v) is 2.66. The first-order valence-electron chi connectivity index (χ1n) is 5.85. The van der Waals surface area contributed by atoms with Gasteiger partial charge in [0.2, 0.25) is 5.91 Å². The topological polar surface area (TPSA) is 54.9 Å². The number of pyridine rings is 1. The number of rotatable bonds is 3. The Labute approximate surface area is 114 Å². The minimum Gasteiger partial charge on any atom is -0.302 e. The average Bonchev–Trinajstić information content (AvgIpc) is 2.81. The van der Waals surface area contributed by atoms with Crippen LogP contribution >= 0.6 is 11.3 Å². The number of para-hydroxylation sites is 1. The highest BCUT2D eigenvalue weighted by atomic mass is 32.1. The van der Waals surface area contributed by atoms with Crippen LogP contribution in [0.1, 0.15) is 5.56 Å². The van der Waals surface area contributed by atoms with Gasteiger partial charge in [0.15, 0.2) is 5.13 Å². The molecule has 0 aliphatic carbocycles. The molecule has 0 fully saturated rings. The van der Waals surface area contributed by atoms with E-state index in [-0.39, 0.29) is 5.91 Å². The van der Waals surface area contributed by atoms with Crippen LogP contribution in [-0.2, 0) is 11.2 Å². The van der Waals surface area contributed by atoms with Gasteiger partial charge in [0, 0.05) is 12.4 Å². The number of hydrogen-bond acceptors (Lipinski definition) is 4. The Hall–Kier alpha value is -2.27. The van der Waals surface area contributed by atoms with Gasteiger partial charge in [0.1, 0.15) is 0 Å². The van der Waals surface area contributed by atoms with Crippen molar-refractivity contribution in [3.63, 3.8) is 0 Å². The molecule has 0 radical (unpaired) electrons. The van der Waals surface area contributed by atoms with Gasteiger partial charge in [0.05, 0.1) is 16.6 Å². The van der Waals surface area contributed by atoms with Gasteiger partial charge < -0.3 is 5.32 Å². The number of nitrogens with zero attached hydrogens (tertiary/aromatic N) is 2. The van der Waals surface area contributed by atoms with Crippen LogP contribution in [0.5, 0.6) is 0 Å². The highest BCUT2D eigenvalue weighted by Crippen LogP contribution is 2.25. The van der Waals surface area contributed by atoms with Gasteiger partial charge in [-0.2, -0.15) is 0 Å². The van der Waals surface area contributed by atoms with Crippen molar-refractivity contribution in [3.8, 4) is 0 Å². The van der Waals surface area contributed by atoms with Gasteiger partial charge in [-0.15, -0.1) is 0 Å². The second-order valence-corrected chi connectivity index (χ2v) is 5.10. The molecule has 5 heteroatoms. The average molecular weight is 269 g/mol. The van der Waals surface area contributed by atoms with Crippen LogP contribution in [0.4, 0.5) is 5.13 Å². The lowest BCUT2D eigenvalue weighted by Crippen LogP contribution is -2.14. The molecule has 0 aliphatic heterocycles. The molecule has 0 atom stereocenters. The molecule has 3 aromatic rings. The minimum absolute atomic E-state index is 0.0646. The zero-order valence-corrected chi connectivity index (χ0v) is 10.9. The Morgan fingerprint density at radius 3 is 2.74 bits per heavy atom. The number of carbonyl (C=O) groups excluding carboxylic acids is 1. The molecule has 1 aromatic carbocycles. The van der Waals surface area contributed by atoms with Crippen molar-refractivity contribution in [1.82, 2.24) is 9.97 Å². The Morgan fingerprint density at radius 2 is 1.95 bits per heavy atom. The number of amides is 1. The van der Waals surface area contributed by atoms with Crippen LogP contribution in [0.25, 0.3) is 10.2 Å². The number of fused-ring (bicyclic) bond motifs is 1. The molecule has 0 saturated heterocycles. The molecule has 4 nitrogen and oxygen atoms in total. The number of nitrogens with one attached hydrogen (secondary N) is 1. The van der Waals surface area contributed by atoms with E-state index in [9.17, 15) is 4.79 Å². The molecule has 19 heavy (non-hydrogen) atoms. The predicted molar refractivity (Wildman–Crippen MR) is 76.2 cm³/mol. The third-order valence-corrected chi connectivity index (χ3v) is 3.61. The van der Waals surface area contributed by atoms with Gasteiger partial charge in [-0.05, 0) is 29.8 Å². The van der Waals surface area contributed by atoms with E-state index < -0.39 is 0 Å². The molecule has 3 rings (SSSR count). The summed E-state index contributed by atoms with van der Waals surface area (Å²) in [5.41, 5.74) is 1.85. The molecule has 0 bridgehead atoms. The lowest BCUT2D eigenvalue weighted by Gasteiger charge is -2.00. The highest BCUT2D eigenvalue weighted by Gasteiger charge is 2.08. The van der Waals surface area contributed by atoms with Crippen molar-refractivity contribution < 1.29 is 4.79 Å². The summed E-state index contributed by atoms with van der Waals surface area (Å²) in [7, 11) is 0. The zero-order valence-electron chi connectivity index (χ0n) is 10.0. The summed E-state index contributed by atoms with van der Waals surface area (Å²) in [5, 5.41) is 3.47. The van der Waals surface area contributed by atoms with Crippen molar-refractivity contribution >= 4 is 32.6 Å². The lowest BCUT2D eigenvalue weighted by atomic mass is 10.2. The third-order valence-electron chi connectivity index (χ3n) is 2.65. The van der Waals surface area contributed by atoms with E-state index in [1.165, 1.54) is 11.3 Å². The Bertz CT molecular complexity index is 676. The molecule has 0 unspecified atom stereocenters. The predicted octanol–water partition coefficient (Wildman–Crippen LogP) is 2.87. The summed E-state index contributed by atoms with van der Waals surface area (Å²) in [6, 6.07) is 11.5. The number of aromatic nitrogens is 2. The van der Waals surface area contributed by atoms with Crippen molar-refractivity contribution in [3.05, 3.63) is 54.4 Å². The molecule has 1 N–H and O–H groups in total. The van der Waals surface area contributed by atoms with E-state index >= 15 is 0 Å². The van der Waals surface area contributed by atoms with Crippen LogP contribution in [0.15, 0.2) is 48.8 Å². The standard InChI is InChI=1S/C14H11N3OS/c18-13(9-10-5-7-15-8-6-10)17-14-16-11-3-1-2-4-12(11)19-14/h1-8H,9H2,(H,16,17,18). The molecule has 2 heterocycles. The molecule has 94 valence electrons. The first kappa shape index (κ1) is 11.8. The van der Waals surface area contributed by atoms with Gasteiger partial charge in [-0.3, -0.25) is 9.78 Å². The first-order valence-corrected chi connectivity index (χ1v) is 6.67. The highest BCUT2D eigenvalue weighted by molar-refractivity contribution is 7.22. The van der Waals surface area contributed by atoms with Crippen LogP contribution in [0.2, 0.25) is 0 Å². The monoisotopic (exact) mass is 269 g/mol.